The zero-order valence-corrected chi connectivity index (χ0v) is 7.56. The smallest absolute Gasteiger partial charge is 0.449 e. The first-order chi connectivity index (χ1) is 5.47. The van der Waals surface area contributed by atoms with Gasteiger partial charge in [0.1, 0.15) is 0 Å². The minimum absolute atomic E-state index is 0.0608. The van der Waals surface area contributed by atoms with E-state index in [1.54, 1.807) is 6.07 Å². The molecule has 1 aromatic rings. The molecule has 0 aliphatic heterocycles. The van der Waals surface area contributed by atoms with Crippen molar-refractivity contribution in [1.29, 1.82) is 0 Å². The highest BCUT2D eigenvalue weighted by Crippen LogP contribution is 2.15. The Labute approximate surface area is 76.2 Å². The van der Waals surface area contributed by atoms with Gasteiger partial charge in [-0.2, -0.15) is 0 Å². The van der Waals surface area contributed by atoms with E-state index < -0.39 is 13.3 Å². The largest absolute Gasteiger partial charge is 0.484 e. The van der Waals surface area contributed by atoms with Gasteiger partial charge in [-0.1, -0.05) is 0 Å². The van der Waals surface area contributed by atoms with Gasteiger partial charge in [0.05, 0.1) is 0 Å². The van der Waals surface area contributed by atoms with Crippen LogP contribution >= 0.6 is 15.9 Å². The number of hydrogen-bond donors (Lipinski definition) is 0. The number of hydrogen-bond acceptors (Lipinski definition) is 1. The molecule has 0 unspecified atom stereocenters. The first-order valence-electron chi connectivity index (χ1n) is 3.29. The van der Waals surface area contributed by atoms with Gasteiger partial charge in [0.2, 0.25) is 0 Å². The summed E-state index contributed by atoms with van der Waals surface area (Å²) in [5.74, 6) is 0. The van der Waals surface area contributed by atoms with E-state index in [2.05, 4.69) is 20.9 Å². The minimum Gasteiger partial charge on any atom is -0.449 e. The Hall–Kier alpha value is -0.515. The lowest BCUT2D eigenvalue weighted by Crippen LogP contribution is -2.19. The van der Waals surface area contributed by atoms with Crippen LogP contribution in [0.4, 0.5) is 12.9 Å². The maximum atomic E-state index is 11.9. The van der Waals surface area contributed by atoms with E-state index in [0.29, 0.717) is 4.47 Å². The quantitative estimate of drug-likeness (QED) is 0.723. The number of nitrogens with zero attached hydrogens (tertiary/aromatic N) is 1. The monoisotopic (exact) mass is 238 g/mol. The molecular weight excluding hydrogens is 234 g/mol. The summed E-state index contributed by atoms with van der Waals surface area (Å²) in [6.07, 6.45) is 0.449. The fourth-order valence-electron chi connectivity index (χ4n) is 0.764. The average Bonchev–Trinajstić information content (AvgIpc) is 1.91. The molecule has 1 nitrogen and oxygen atoms in total. The highest BCUT2D eigenvalue weighted by atomic mass is 79.9. The van der Waals surface area contributed by atoms with Crippen molar-refractivity contribution < 1.29 is 12.9 Å². The number of halogens is 4. The first kappa shape index (κ1) is 9.57. The van der Waals surface area contributed by atoms with E-state index in [4.69, 9.17) is 0 Å². The van der Waals surface area contributed by atoms with Gasteiger partial charge in [0, 0.05) is 16.4 Å². The highest BCUT2D eigenvalue weighted by molar-refractivity contribution is 9.10. The van der Waals surface area contributed by atoms with Crippen molar-refractivity contribution in [3.05, 3.63) is 28.5 Å². The third-order valence-electron chi connectivity index (χ3n) is 1.23. The maximum absolute atomic E-state index is 11.9. The van der Waals surface area contributed by atoms with Gasteiger partial charge in [-0.25, -0.2) is 0 Å². The van der Waals surface area contributed by atoms with Gasteiger partial charge in [0.25, 0.3) is 0 Å². The molecule has 6 heteroatoms. The van der Waals surface area contributed by atoms with Crippen molar-refractivity contribution in [2.24, 2.45) is 0 Å². The van der Waals surface area contributed by atoms with E-state index in [1.807, 2.05) is 0 Å². The van der Waals surface area contributed by atoms with Gasteiger partial charge in [-0.15, -0.1) is 0 Å². The van der Waals surface area contributed by atoms with E-state index >= 15 is 0 Å². The van der Waals surface area contributed by atoms with Crippen LogP contribution in [0.5, 0.6) is 0 Å². The lowest BCUT2D eigenvalue weighted by atomic mass is 9.84. The molecule has 0 fully saturated rings. The molecule has 0 aliphatic carbocycles. The second kappa shape index (κ2) is 3.47. The van der Waals surface area contributed by atoms with E-state index in [9.17, 15) is 12.9 Å². The predicted octanol–water partition coefficient (Wildman–Crippen LogP) is 2.77. The van der Waals surface area contributed by atoms with Crippen molar-refractivity contribution >= 4 is 22.9 Å². The molecule has 0 amide bonds. The Balaban J connectivity index is 2.71. The lowest BCUT2D eigenvalue weighted by molar-refractivity contribution is 0.467. The molecule has 1 heterocycles. The molecule has 0 radical (unpaired) electrons. The van der Waals surface area contributed by atoms with Crippen molar-refractivity contribution in [2.75, 3.05) is 0 Å². The molecule has 0 saturated carbocycles. The summed E-state index contributed by atoms with van der Waals surface area (Å²) in [6, 6.07) is 2.91. The third kappa shape index (κ3) is 3.25. The summed E-state index contributed by atoms with van der Waals surface area (Å²) >= 11 is 3.09. The minimum atomic E-state index is -4.77. The fraction of sp³-hybridized carbons (Fsp3) is 0.167. The Morgan fingerprint density at radius 1 is 1.33 bits per heavy atom. The summed E-state index contributed by atoms with van der Waals surface area (Å²) in [4.78, 5) is 3.61. The Morgan fingerprint density at radius 2 is 2.00 bits per heavy atom. The normalized spacial score (nSPS) is 11.7. The summed E-state index contributed by atoms with van der Waals surface area (Å²) in [5, 5.41) is 0. The molecule has 0 bridgehead atoms. The Bertz CT molecular complexity index is 258. The molecule has 12 heavy (non-hydrogen) atoms. The maximum Gasteiger partial charge on any atom is 0.484 e. The molecule has 0 spiro atoms. The third-order valence-corrected chi connectivity index (χ3v) is 1.70. The number of aromatic nitrogens is 1. The van der Waals surface area contributed by atoms with Gasteiger partial charge >= 0.3 is 6.98 Å². The molecule has 1 aromatic heterocycles. The predicted molar refractivity (Wildman–Crippen MR) is 44.7 cm³/mol. The molecule has 66 valence electrons. The Morgan fingerprint density at radius 3 is 2.42 bits per heavy atom. The van der Waals surface area contributed by atoms with Crippen molar-refractivity contribution in [3.8, 4) is 0 Å². The van der Waals surface area contributed by atoms with Crippen LogP contribution in [0.2, 0.25) is 0 Å². The van der Waals surface area contributed by atoms with Crippen LogP contribution in [0.25, 0.3) is 0 Å². The van der Waals surface area contributed by atoms with Crippen LogP contribution in [0.15, 0.2) is 22.8 Å². The van der Waals surface area contributed by atoms with Crippen LogP contribution in [0.1, 0.15) is 5.69 Å². The first-order valence-corrected chi connectivity index (χ1v) is 4.08. The highest BCUT2D eigenvalue weighted by Gasteiger charge is 2.23. The molecule has 0 saturated heterocycles. The molecule has 0 aliphatic rings. The van der Waals surface area contributed by atoms with Crippen LogP contribution in [0, 0.1) is 0 Å². The molecule has 0 atom stereocenters. The van der Waals surface area contributed by atoms with Crippen molar-refractivity contribution in [1.82, 2.24) is 4.98 Å². The summed E-state index contributed by atoms with van der Waals surface area (Å²) in [6.45, 7) is -4.77. The number of pyridine rings is 1. The Kier molecular flexibility index (Phi) is 2.77. The standard InChI is InChI=1S/C6H5BBrF3N/c8-5-1-2-6(12-4-5)3-7(9,10)11/h1-2,4H,3H2/q-1. The van der Waals surface area contributed by atoms with Crippen LogP contribution in [-0.2, 0) is 6.32 Å². The molecule has 1 rings (SSSR count). The summed E-state index contributed by atoms with van der Waals surface area (Å²) in [5.41, 5.74) is 0.0608. The van der Waals surface area contributed by atoms with Crippen molar-refractivity contribution in [3.63, 3.8) is 0 Å². The summed E-state index contributed by atoms with van der Waals surface area (Å²) < 4.78 is 36.2. The van der Waals surface area contributed by atoms with E-state index in [0.717, 1.165) is 0 Å². The molecular formula is C6H5BBrF3N-. The molecule has 0 aromatic carbocycles. The van der Waals surface area contributed by atoms with Gasteiger partial charge in [0.15, 0.2) is 0 Å². The van der Waals surface area contributed by atoms with E-state index in [-0.39, 0.29) is 5.69 Å². The second-order valence-corrected chi connectivity index (χ2v) is 3.30. The van der Waals surface area contributed by atoms with Crippen LogP contribution < -0.4 is 0 Å². The fourth-order valence-corrected chi connectivity index (χ4v) is 0.999. The molecule has 0 N–H and O–H groups in total. The van der Waals surface area contributed by atoms with Crippen LogP contribution in [-0.4, -0.2) is 12.0 Å². The zero-order chi connectivity index (χ0) is 9.19. The van der Waals surface area contributed by atoms with Crippen molar-refractivity contribution in [2.45, 2.75) is 6.32 Å². The second-order valence-electron chi connectivity index (χ2n) is 2.38. The SMILES string of the molecule is F[B-](F)(F)Cc1ccc(Br)cn1. The number of rotatable bonds is 2. The summed E-state index contributed by atoms with van der Waals surface area (Å²) in [7, 11) is 0. The van der Waals surface area contributed by atoms with Gasteiger partial charge < -0.3 is 12.9 Å². The lowest BCUT2D eigenvalue weighted by Gasteiger charge is -2.11. The van der Waals surface area contributed by atoms with Crippen LogP contribution in [0.3, 0.4) is 0 Å². The average molecular weight is 239 g/mol. The zero-order valence-electron chi connectivity index (χ0n) is 5.98. The van der Waals surface area contributed by atoms with Gasteiger partial charge in [-0.05, 0) is 34.4 Å². The van der Waals surface area contributed by atoms with Gasteiger partial charge in [-0.3, -0.25) is 4.98 Å². The van der Waals surface area contributed by atoms with E-state index in [1.165, 1.54) is 12.3 Å². The topological polar surface area (TPSA) is 12.9 Å².